The number of hydrogen-bond donors (Lipinski definition) is 0. The van der Waals surface area contributed by atoms with Crippen molar-refractivity contribution in [2.45, 2.75) is 19.3 Å². The molecular weight excluding hydrogens is 153 g/mol. The number of carbonyl (C=O) groups is 1. The molecule has 0 aromatic carbocycles. The van der Waals surface area contributed by atoms with Crippen LogP contribution in [0.3, 0.4) is 0 Å². The molecule has 0 atom stereocenters. The molecule has 0 fully saturated rings. The Balaban J connectivity index is 3.97. The SMILES string of the molecule is CCC(F)(F)C(=O)OCl. The Kier molecular flexibility index (Phi) is 2.84. The first-order valence-corrected chi connectivity index (χ1v) is 2.56. The van der Waals surface area contributed by atoms with Crippen molar-refractivity contribution in [1.29, 1.82) is 0 Å². The second-order valence-corrected chi connectivity index (χ2v) is 1.58. The average molecular weight is 159 g/mol. The highest BCUT2D eigenvalue weighted by molar-refractivity contribution is 6.13. The Morgan fingerprint density at radius 1 is 1.78 bits per heavy atom. The summed E-state index contributed by atoms with van der Waals surface area (Å²) >= 11 is 4.39. The molecule has 0 bridgehead atoms. The minimum atomic E-state index is -3.44. The number of carbonyl (C=O) groups excluding carboxylic acids is 1. The fourth-order valence-corrected chi connectivity index (χ4v) is 0.314. The highest BCUT2D eigenvalue weighted by atomic mass is 35.5. The third-order valence-corrected chi connectivity index (χ3v) is 0.953. The molecule has 0 heterocycles. The van der Waals surface area contributed by atoms with Crippen LogP contribution in [0.5, 0.6) is 0 Å². The molecule has 0 saturated carbocycles. The molecule has 0 aliphatic heterocycles. The van der Waals surface area contributed by atoms with Gasteiger partial charge in [-0.2, -0.15) is 8.78 Å². The Bertz CT molecular complexity index is 115. The van der Waals surface area contributed by atoms with E-state index in [0.717, 1.165) is 6.92 Å². The van der Waals surface area contributed by atoms with Gasteiger partial charge in [-0.3, -0.25) is 0 Å². The van der Waals surface area contributed by atoms with Gasteiger partial charge in [0.2, 0.25) is 0 Å². The Morgan fingerprint density at radius 3 is 2.33 bits per heavy atom. The molecule has 9 heavy (non-hydrogen) atoms. The molecule has 0 aliphatic rings. The van der Waals surface area contributed by atoms with Gasteiger partial charge in [-0.15, -0.1) is 0 Å². The van der Waals surface area contributed by atoms with E-state index >= 15 is 0 Å². The van der Waals surface area contributed by atoms with Gasteiger partial charge in [0.1, 0.15) is 11.9 Å². The van der Waals surface area contributed by atoms with Crippen molar-refractivity contribution in [3.63, 3.8) is 0 Å². The van der Waals surface area contributed by atoms with Crippen LogP contribution in [0.1, 0.15) is 13.3 Å². The summed E-state index contributed by atoms with van der Waals surface area (Å²) in [6, 6.07) is 0. The van der Waals surface area contributed by atoms with Gasteiger partial charge in [0.15, 0.2) is 0 Å². The van der Waals surface area contributed by atoms with Crippen molar-refractivity contribution in [3.05, 3.63) is 0 Å². The zero-order valence-electron chi connectivity index (χ0n) is 4.66. The van der Waals surface area contributed by atoms with E-state index in [1.165, 1.54) is 0 Å². The zero-order valence-corrected chi connectivity index (χ0v) is 5.41. The van der Waals surface area contributed by atoms with Gasteiger partial charge < -0.3 is 4.29 Å². The lowest BCUT2D eigenvalue weighted by atomic mass is 10.3. The van der Waals surface area contributed by atoms with E-state index < -0.39 is 18.3 Å². The molecule has 0 aromatic rings. The van der Waals surface area contributed by atoms with Gasteiger partial charge in [0.25, 0.3) is 0 Å². The van der Waals surface area contributed by atoms with E-state index in [1.807, 2.05) is 0 Å². The molecule has 0 unspecified atom stereocenters. The first-order chi connectivity index (χ1) is 4.04. The molecule has 0 rings (SSSR count). The molecule has 0 aliphatic carbocycles. The number of rotatable bonds is 2. The van der Waals surface area contributed by atoms with Gasteiger partial charge in [-0.05, 0) is 0 Å². The van der Waals surface area contributed by atoms with Crippen LogP contribution in [0.25, 0.3) is 0 Å². The fourth-order valence-electron chi connectivity index (χ4n) is 0.201. The molecule has 0 amide bonds. The van der Waals surface area contributed by atoms with Crippen LogP contribution in [0.4, 0.5) is 8.78 Å². The first-order valence-electron chi connectivity index (χ1n) is 2.25. The van der Waals surface area contributed by atoms with Crippen molar-refractivity contribution in [2.75, 3.05) is 0 Å². The largest absolute Gasteiger partial charge is 0.394 e. The summed E-state index contributed by atoms with van der Waals surface area (Å²) in [7, 11) is 0. The van der Waals surface area contributed by atoms with Crippen molar-refractivity contribution in [2.24, 2.45) is 0 Å². The van der Waals surface area contributed by atoms with Crippen molar-refractivity contribution in [1.82, 2.24) is 0 Å². The van der Waals surface area contributed by atoms with Crippen LogP contribution in [0.2, 0.25) is 0 Å². The van der Waals surface area contributed by atoms with Crippen molar-refractivity contribution in [3.8, 4) is 0 Å². The van der Waals surface area contributed by atoms with Gasteiger partial charge in [-0.1, -0.05) is 6.92 Å². The molecule has 0 N–H and O–H groups in total. The third kappa shape index (κ3) is 2.13. The molecule has 0 aromatic heterocycles. The smallest absolute Gasteiger partial charge is 0.342 e. The monoisotopic (exact) mass is 158 g/mol. The van der Waals surface area contributed by atoms with Crippen LogP contribution in [0, 0.1) is 0 Å². The van der Waals surface area contributed by atoms with E-state index in [2.05, 4.69) is 16.2 Å². The molecule has 0 saturated heterocycles. The second-order valence-electron chi connectivity index (χ2n) is 1.42. The number of halogens is 3. The van der Waals surface area contributed by atoms with Crippen LogP contribution < -0.4 is 0 Å². The first kappa shape index (κ1) is 8.62. The van der Waals surface area contributed by atoms with Gasteiger partial charge >= 0.3 is 11.9 Å². The summed E-state index contributed by atoms with van der Waals surface area (Å²) in [6.07, 6.45) is -0.599. The maximum Gasteiger partial charge on any atom is 0.394 e. The molecule has 0 radical (unpaired) electrons. The van der Waals surface area contributed by atoms with Crippen LogP contribution in [-0.4, -0.2) is 11.9 Å². The lowest BCUT2D eigenvalue weighted by Crippen LogP contribution is -2.27. The van der Waals surface area contributed by atoms with E-state index in [9.17, 15) is 13.6 Å². The van der Waals surface area contributed by atoms with Crippen LogP contribution in [0.15, 0.2) is 0 Å². The Morgan fingerprint density at radius 2 is 2.22 bits per heavy atom. The minimum Gasteiger partial charge on any atom is -0.342 e. The normalized spacial score (nSPS) is 11.1. The van der Waals surface area contributed by atoms with E-state index in [4.69, 9.17) is 0 Å². The number of alkyl halides is 2. The van der Waals surface area contributed by atoms with Crippen molar-refractivity contribution >= 4 is 17.8 Å². The summed E-state index contributed by atoms with van der Waals surface area (Å²) in [6.45, 7) is 1.16. The Hall–Kier alpha value is -0.380. The predicted octanol–water partition coefficient (Wildman–Crippen LogP) is 1.73. The van der Waals surface area contributed by atoms with E-state index in [0.29, 0.717) is 0 Å². The zero-order chi connectivity index (χ0) is 7.49. The third-order valence-electron chi connectivity index (χ3n) is 0.813. The Labute approximate surface area is 55.9 Å². The highest BCUT2D eigenvalue weighted by Gasteiger charge is 2.38. The maximum atomic E-state index is 12.0. The molecule has 2 nitrogen and oxygen atoms in total. The molecule has 5 heteroatoms. The summed E-state index contributed by atoms with van der Waals surface area (Å²) in [5, 5.41) is 0. The topological polar surface area (TPSA) is 26.3 Å². The van der Waals surface area contributed by atoms with E-state index in [1.54, 1.807) is 0 Å². The molecular formula is C4H5ClF2O2. The van der Waals surface area contributed by atoms with Crippen LogP contribution >= 0.6 is 11.9 Å². The summed E-state index contributed by atoms with van der Waals surface area (Å²) in [5.41, 5.74) is 0. The fraction of sp³-hybridized carbons (Fsp3) is 0.750. The minimum absolute atomic E-state index is 0.599. The predicted molar refractivity (Wildman–Crippen MR) is 27.2 cm³/mol. The lowest BCUT2D eigenvalue weighted by Gasteiger charge is -2.07. The second kappa shape index (κ2) is 2.96. The van der Waals surface area contributed by atoms with Gasteiger partial charge in [0.05, 0.1) is 0 Å². The summed E-state index contributed by atoms with van der Waals surface area (Å²) in [4.78, 5) is 9.96. The standard InChI is InChI=1S/C4H5ClF2O2/c1-2-4(6,7)3(8)9-5/h2H2,1H3. The lowest BCUT2D eigenvalue weighted by molar-refractivity contribution is -0.161. The summed E-state index contributed by atoms with van der Waals surface area (Å²) < 4.78 is 27.3. The average Bonchev–Trinajstić information content (AvgIpc) is 1.86. The molecule has 54 valence electrons. The van der Waals surface area contributed by atoms with Crippen LogP contribution in [-0.2, 0) is 9.08 Å². The van der Waals surface area contributed by atoms with Gasteiger partial charge in [-0.25, -0.2) is 4.79 Å². The number of hydrogen-bond acceptors (Lipinski definition) is 2. The van der Waals surface area contributed by atoms with Gasteiger partial charge in [0, 0.05) is 6.42 Å². The molecule has 0 spiro atoms. The van der Waals surface area contributed by atoms with E-state index in [-0.39, 0.29) is 0 Å². The van der Waals surface area contributed by atoms with Crippen molar-refractivity contribution < 1.29 is 17.9 Å². The maximum absolute atomic E-state index is 12.0. The summed E-state index contributed by atoms with van der Waals surface area (Å²) in [5.74, 6) is -5.14. The highest BCUT2D eigenvalue weighted by Crippen LogP contribution is 2.19. The quantitative estimate of drug-likeness (QED) is 0.612.